The Hall–Kier alpha value is -3.63. The van der Waals surface area contributed by atoms with E-state index in [4.69, 9.17) is 5.73 Å². The topological polar surface area (TPSA) is 124 Å². The SMILES string of the molecule is CC1N=Nc2cc(CNC(=O)C3CC(N4CCN(C)C(=O)C4)CN3C(=O)C(N)CCc3ccccc3)ccc21. The lowest BCUT2D eigenvalue weighted by atomic mass is 10.0. The second kappa shape index (κ2) is 11.6. The lowest BCUT2D eigenvalue weighted by Gasteiger charge is -2.35. The molecule has 0 saturated carbocycles. The van der Waals surface area contributed by atoms with E-state index in [1.165, 1.54) is 0 Å². The molecule has 0 spiro atoms. The summed E-state index contributed by atoms with van der Waals surface area (Å²) >= 11 is 0. The van der Waals surface area contributed by atoms with Crippen LogP contribution in [0.5, 0.6) is 0 Å². The second-order valence-corrected chi connectivity index (χ2v) is 10.8. The summed E-state index contributed by atoms with van der Waals surface area (Å²) in [6.07, 6.45) is 1.65. The zero-order chi connectivity index (χ0) is 27.5. The number of nitrogens with one attached hydrogen (secondary N) is 1. The smallest absolute Gasteiger partial charge is 0.243 e. The first-order chi connectivity index (χ1) is 18.8. The van der Waals surface area contributed by atoms with Gasteiger partial charge in [-0.25, -0.2) is 0 Å². The summed E-state index contributed by atoms with van der Waals surface area (Å²) in [5.41, 5.74) is 10.3. The number of hydrogen-bond acceptors (Lipinski definition) is 7. The number of hydrogen-bond donors (Lipinski definition) is 2. The molecular weight excluding hydrogens is 494 g/mol. The van der Waals surface area contributed by atoms with Gasteiger partial charge in [-0.3, -0.25) is 19.3 Å². The van der Waals surface area contributed by atoms with Gasteiger partial charge in [-0.05, 0) is 43.4 Å². The number of piperazine rings is 1. The maximum absolute atomic E-state index is 13.6. The molecule has 3 heterocycles. The van der Waals surface area contributed by atoms with E-state index >= 15 is 0 Å². The summed E-state index contributed by atoms with van der Waals surface area (Å²) < 4.78 is 0. The molecule has 3 aliphatic rings. The number of aryl methyl sites for hydroxylation is 1. The van der Waals surface area contributed by atoms with Crippen LogP contribution in [0.2, 0.25) is 0 Å². The van der Waals surface area contributed by atoms with Crippen molar-refractivity contribution in [1.82, 2.24) is 20.0 Å². The Bertz CT molecular complexity index is 1250. The Morgan fingerprint density at radius 1 is 1.13 bits per heavy atom. The van der Waals surface area contributed by atoms with Gasteiger partial charge in [0.25, 0.3) is 0 Å². The number of rotatable bonds is 8. The average molecular weight is 532 g/mol. The van der Waals surface area contributed by atoms with E-state index in [1.807, 2.05) is 55.5 Å². The first-order valence-electron chi connectivity index (χ1n) is 13.7. The number of carbonyl (C=O) groups excluding carboxylic acids is 3. The fraction of sp³-hybridized carbons (Fsp3) is 0.483. The van der Waals surface area contributed by atoms with Crippen molar-refractivity contribution in [2.24, 2.45) is 16.0 Å². The standard InChI is InChI=1S/C29H37N7O3/c1-19-23-10-8-21(14-25(23)33-32-19)16-31-28(38)26-15-22(35-13-12-34(2)27(37)18-35)17-36(26)29(39)24(30)11-9-20-6-4-3-5-7-20/h3-8,10,14,19,22,24,26H,9,11-13,15-18,30H2,1-2H3,(H,31,38). The maximum atomic E-state index is 13.6. The molecule has 5 rings (SSSR count). The predicted octanol–water partition coefficient (Wildman–Crippen LogP) is 2.16. The number of benzene rings is 2. The molecule has 2 aromatic carbocycles. The summed E-state index contributed by atoms with van der Waals surface area (Å²) in [7, 11) is 1.80. The Morgan fingerprint density at radius 2 is 1.92 bits per heavy atom. The van der Waals surface area contributed by atoms with Gasteiger partial charge >= 0.3 is 0 Å². The number of azo groups is 1. The first kappa shape index (κ1) is 27.0. The van der Waals surface area contributed by atoms with Crippen LogP contribution in [0.1, 0.15) is 42.5 Å². The molecule has 4 unspecified atom stereocenters. The molecule has 10 heteroatoms. The van der Waals surface area contributed by atoms with Crippen LogP contribution in [0.25, 0.3) is 0 Å². The average Bonchev–Trinajstić information content (AvgIpc) is 3.56. The van der Waals surface area contributed by atoms with Gasteiger partial charge in [-0.1, -0.05) is 42.5 Å². The minimum atomic E-state index is -0.711. The zero-order valence-corrected chi connectivity index (χ0v) is 22.6. The normalized spacial score (nSPS) is 23.7. The lowest BCUT2D eigenvalue weighted by Crippen LogP contribution is -2.53. The second-order valence-electron chi connectivity index (χ2n) is 10.8. The van der Waals surface area contributed by atoms with Crippen LogP contribution in [0, 0.1) is 0 Å². The van der Waals surface area contributed by atoms with E-state index in [9.17, 15) is 14.4 Å². The maximum Gasteiger partial charge on any atom is 0.243 e. The fourth-order valence-corrected chi connectivity index (χ4v) is 5.62. The largest absolute Gasteiger partial charge is 0.350 e. The lowest BCUT2D eigenvalue weighted by molar-refractivity contribution is -0.139. The Labute approximate surface area is 229 Å². The van der Waals surface area contributed by atoms with E-state index in [1.54, 1.807) is 16.8 Å². The molecule has 2 fully saturated rings. The van der Waals surface area contributed by atoms with Crippen molar-refractivity contribution in [3.63, 3.8) is 0 Å². The first-order valence-corrected chi connectivity index (χ1v) is 13.7. The third-order valence-corrected chi connectivity index (χ3v) is 8.12. The van der Waals surface area contributed by atoms with Crippen LogP contribution < -0.4 is 11.1 Å². The van der Waals surface area contributed by atoms with Gasteiger partial charge in [0.05, 0.1) is 24.3 Å². The van der Waals surface area contributed by atoms with Gasteiger partial charge in [0.15, 0.2) is 0 Å². The molecule has 3 aliphatic heterocycles. The zero-order valence-electron chi connectivity index (χ0n) is 22.6. The number of amides is 3. The number of nitrogens with zero attached hydrogens (tertiary/aromatic N) is 5. The third kappa shape index (κ3) is 6.02. The van der Waals surface area contributed by atoms with Crippen LogP contribution in [0.4, 0.5) is 5.69 Å². The number of fused-ring (bicyclic) bond motifs is 1. The quantitative estimate of drug-likeness (QED) is 0.540. The molecule has 0 aliphatic carbocycles. The van der Waals surface area contributed by atoms with Crippen molar-refractivity contribution in [3.8, 4) is 0 Å². The Balaban J connectivity index is 1.26. The highest BCUT2D eigenvalue weighted by atomic mass is 16.2. The van der Waals surface area contributed by atoms with Gasteiger partial charge in [0.1, 0.15) is 6.04 Å². The molecule has 2 aromatic rings. The molecule has 39 heavy (non-hydrogen) atoms. The molecular formula is C29H37N7O3. The van der Waals surface area contributed by atoms with Crippen LogP contribution in [0.15, 0.2) is 58.8 Å². The van der Waals surface area contributed by atoms with E-state index in [0.29, 0.717) is 52.0 Å². The van der Waals surface area contributed by atoms with Gasteiger partial charge in [0.2, 0.25) is 17.7 Å². The van der Waals surface area contributed by atoms with Crippen molar-refractivity contribution in [2.45, 2.75) is 56.9 Å². The molecule has 0 radical (unpaired) electrons. The molecule has 10 nitrogen and oxygen atoms in total. The van der Waals surface area contributed by atoms with Crippen molar-refractivity contribution in [1.29, 1.82) is 0 Å². The highest BCUT2D eigenvalue weighted by molar-refractivity contribution is 5.90. The summed E-state index contributed by atoms with van der Waals surface area (Å²) in [5.74, 6) is -0.382. The minimum absolute atomic E-state index is 0.0474. The minimum Gasteiger partial charge on any atom is -0.350 e. The van der Waals surface area contributed by atoms with Crippen LogP contribution >= 0.6 is 0 Å². The van der Waals surface area contributed by atoms with Crippen LogP contribution in [-0.4, -0.2) is 83.8 Å². The summed E-state index contributed by atoms with van der Waals surface area (Å²) in [5, 5.41) is 11.4. The highest BCUT2D eigenvalue weighted by Gasteiger charge is 2.43. The third-order valence-electron chi connectivity index (χ3n) is 8.12. The summed E-state index contributed by atoms with van der Waals surface area (Å²) in [6.45, 7) is 4.34. The number of nitrogens with two attached hydrogens (primary N) is 1. The molecule has 4 atom stereocenters. The molecule has 206 valence electrons. The number of carbonyl (C=O) groups is 3. The molecule has 3 N–H and O–H groups in total. The van der Waals surface area contributed by atoms with Gasteiger partial charge in [-0.15, -0.1) is 0 Å². The van der Waals surface area contributed by atoms with Crippen molar-refractivity contribution >= 4 is 23.4 Å². The monoisotopic (exact) mass is 531 g/mol. The molecule has 2 saturated heterocycles. The summed E-state index contributed by atoms with van der Waals surface area (Å²) in [4.78, 5) is 44.9. The van der Waals surface area contributed by atoms with Crippen LogP contribution in [0.3, 0.4) is 0 Å². The molecule has 0 aromatic heterocycles. The molecule has 3 amide bonds. The van der Waals surface area contributed by atoms with E-state index < -0.39 is 12.1 Å². The van der Waals surface area contributed by atoms with Crippen LogP contribution in [-0.2, 0) is 27.3 Å². The summed E-state index contributed by atoms with van der Waals surface area (Å²) in [6, 6.07) is 14.5. The Kier molecular flexibility index (Phi) is 8.04. The van der Waals surface area contributed by atoms with Crippen molar-refractivity contribution in [2.75, 3.05) is 33.2 Å². The Morgan fingerprint density at radius 3 is 2.69 bits per heavy atom. The van der Waals surface area contributed by atoms with Crippen molar-refractivity contribution in [3.05, 3.63) is 65.2 Å². The fourth-order valence-electron chi connectivity index (χ4n) is 5.62. The number of likely N-dealkylation sites (N-methyl/N-ethyl adjacent to an activating group) is 1. The highest BCUT2D eigenvalue weighted by Crippen LogP contribution is 2.35. The van der Waals surface area contributed by atoms with Crippen molar-refractivity contribution < 1.29 is 14.4 Å². The van der Waals surface area contributed by atoms with Gasteiger partial charge < -0.3 is 20.9 Å². The predicted molar refractivity (Wildman–Crippen MR) is 147 cm³/mol. The van der Waals surface area contributed by atoms with E-state index in [0.717, 1.165) is 22.4 Å². The van der Waals surface area contributed by atoms with E-state index in [2.05, 4.69) is 20.4 Å². The number of likely N-dealkylation sites (tertiary alicyclic amines) is 1. The van der Waals surface area contributed by atoms with Gasteiger partial charge in [-0.2, -0.15) is 10.2 Å². The molecule has 0 bridgehead atoms. The van der Waals surface area contributed by atoms with E-state index in [-0.39, 0.29) is 29.8 Å². The van der Waals surface area contributed by atoms with Gasteiger partial charge in [0, 0.05) is 44.8 Å².